The van der Waals surface area contributed by atoms with Crippen LogP contribution in [0.15, 0.2) is 0 Å². The zero-order valence-corrected chi connectivity index (χ0v) is 10.1. The lowest BCUT2D eigenvalue weighted by molar-refractivity contribution is -0.114. The van der Waals surface area contributed by atoms with Gasteiger partial charge in [-0.2, -0.15) is 0 Å². The van der Waals surface area contributed by atoms with Gasteiger partial charge < -0.3 is 5.32 Å². The summed E-state index contributed by atoms with van der Waals surface area (Å²) in [6, 6.07) is 0. The van der Waals surface area contributed by atoms with Gasteiger partial charge in [-0.15, -0.1) is 11.3 Å². The number of hydrogen-bond acceptors (Lipinski definition) is 4. The number of nitrogens with zero attached hydrogens (tertiary/aromatic N) is 1. The molecule has 0 unspecified atom stereocenters. The van der Waals surface area contributed by atoms with Crippen LogP contribution in [0.4, 0.5) is 5.13 Å². The number of aromatic nitrogens is 1. The Morgan fingerprint density at radius 2 is 2.14 bits per heavy atom. The SMILES string of the molecule is CC(=O)Nc1nc2c(Cl)c(Cl)sc2s1. The van der Waals surface area contributed by atoms with Gasteiger partial charge in [-0.1, -0.05) is 34.5 Å². The van der Waals surface area contributed by atoms with Gasteiger partial charge >= 0.3 is 0 Å². The van der Waals surface area contributed by atoms with Gasteiger partial charge in [0.2, 0.25) is 5.91 Å². The standard InChI is InChI=1S/C7H4Cl2N2OS2/c1-2(12)10-7-11-4-3(8)5(9)13-6(4)14-7/h1H3,(H,10,11,12). The third kappa shape index (κ3) is 1.72. The number of amides is 1. The molecule has 1 N–H and O–H groups in total. The average molecular weight is 267 g/mol. The third-order valence-corrected chi connectivity index (χ3v) is 4.47. The number of halogens is 2. The summed E-state index contributed by atoms with van der Waals surface area (Å²) in [5.41, 5.74) is 0.662. The highest BCUT2D eigenvalue weighted by Gasteiger charge is 2.14. The van der Waals surface area contributed by atoms with E-state index in [1.54, 1.807) is 0 Å². The van der Waals surface area contributed by atoms with Crippen molar-refractivity contribution in [2.45, 2.75) is 6.92 Å². The molecule has 0 aliphatic carbocycles. The van der Waals surface area contributed by atoms with Crippen LogP contribution in [0, 0.1) is 0 Å². The lowest BCUT2D eigenvalue weighted by Gasteiger charge is -1.92. The van der Waals surface area contributed by atoms with Crippen molar-refractivity contribution in [3.05, 3.63) is 9.36 Å². The van der Waals surface area contributed by atoms with Crippen LogP contribution in [0.3, 0.4) is 0 Å². The average Bonchev–Trinajstić information content (AvgIpc) is 2.54. The van der Waals surface area contributed by atoms with Gasteiger partial charge in [0.25, 0.3) is 0 Å². The molecule has 0 radical (unpaired) electrons. The van der Waals surface area contributed by atoms with Crippen LogP contribution >= 0.6 is 45.9 Å². The van der Waals surface area contributed by atoms with Crippen molar-refractivity contribution in [3.63, 3.8) is 0 Å². The van der Waals surface area contributed by atoms with Crippen LogP contribution in [-0.4, -0.2) is 10.9 Å². The molecular weight excluding hydrogens is 263 g/mol. The molecule has 0 saturated heterocycles. The number of thiophene rings is 1. The summed E-state index contributed by atoms with van der Waals surface area (Å²) < 4.78 is 1.46. The van der Waals surface area contributed by atoms with E-state index in [1.807, 2.05) is 0 Å². The van der Waals surface area contributed by atoms with E-state index in [2.05, 4.69) is 10.3 Å². The molecule has 2 rings (SSSR count). The Morgan fingerprint density at radius 3 is 2.71 bits per heavy atom. The highest BCUT2D eigenvalue weighted by atomic mass is 35.5. The number of hydrogen-bond donors (Lipinski definition) is 1. The zero-order valence-electron chi connectivity index (χ0n) is 6.93. The highest BCUT2D eigenvalue weighted by Crippen LogP contribution is 2.42. The van der Waals surface area contributed by atoms with Crippen LogP contribution < -0.4 is 5.32 Å². The van der Waals surface area contributed by atoms with E-state index in [0.29, 0.717) is 20.0 Å². The van der Waals surface area contributed by atoms with Crippen molar-refractivity contribution in [3.8, 4) is 0 Å². The number of carbonyl (C=O) groups is 1. The molecule has 2 aromatic rings. The summed E-state index contributed by atoms with van der Waals surface area (Å²) >= 11 is 14.5. The molecule has 0 bridgehead atoms. The predicted molar refractivity (Wildman–Crippen MR) is 61.8 cm³/mol. The molecular formula is C7H4Cl2N2OS2. The first kappa shape index (κ1) is 10.2. The maximum absolute atomic E-state index is 10.8. The zero-order chi connectivity index (χ0) is 10.3. The van der Waals surface area contributed by atoms with Crippen LogP contribution in [0.1, 0.15) is 6.92 Å². The van der Waals surface area contributed by atoms with Gasteiger partial charge in [-0.05, 0) is 0 Å². The van der Waals surface area contributed by atoms with Crippen molar-refractivity contribution in [1.82, 2.24) is 4.98 Å². The van der Waals surface area contributed by atoms with E-state index < -0.39 is 0 Å². The van der Waals surface area contributed by atoms with Gasteiger partial charge in [0, 0.05) is 6.92 Å². The molecule has 74 valence electrons. The van der Waals surface area contributed by atoms with E-state index in [9.17, 15) is 4.79 Å². The Labute approximate surface area is 97.7 Å². The number of carbonyl (C=O) groups excluding carboxylic acids is 1. The molecule has 7 heteroatoms. The largest absolute Gasteiger partial charge is 0.302 e. The summed E-state index contributed by atoms with van der Waals surface area (Å²) in [5, 5.41) is 3.61. The maximum Gasteiger partial charge on any atom is 0.223 e. The second kappa shape index (κ2) is 3.66. The minimum Gasteiger partial charge on any atom is -0.302 e. The number of rotatable bonds is 1. The van der Waals surface area contributed by atoms with Gasteiger partial charge in [0.15, 0.2) is 5.13 Å². The Bertz CT molecular complexity index is 505. The van der Waals surface area contributed by atoms with Gasteiger partial charge in [-0.3, -0.25) is 4.79 Å². The van der Waals surface area contributed by atoms with E-state index >= 15 is 0 Å². The summed E-state index contributed by atoms with van der Waals surface area (Å²) in [6.07, 6.45) is 0. The summed E-state index contributed by atoms with van der Waals surface area (Å²) in [6.45, 7) is 1.43. The lowest BCUT2D eigenvalue weighted by atomic mass is 10.6. The topological polar surface area (TPSA) is 42.0 Å². The molecule has 0 fully saturated rings. The van der Waals surface area contributed by atoms with Crippen molar-refractivity contribution in [2.75, 3.05) is 5.32 Å². The molecule has 0 aliphatic heterocycles. The summed E-state index contributed by atoms with van der Waals surface area (Å²) in [4.78, 5) is 14.9. The fourth-order valence-corrected chi connectivity index (χ4v) is 3.76. The van der Waals surface area contributed by atoms with Gasteiger partial charge in [0.1, 0.15) is 13.9 Å². The number of nitrogens with one attached hydrogen (secondary N) is 1. The highest BCUT2D eigenvalue weighted by molar-refractivity contribution is 7.41. The molecule has 0 spiro atoms. The molecule has 0 aliphatic rings. The maximum atomic E-state index is 10.8. The first-order valence-corrected chi connectivity index (χ1v) is 5.98. The van der Waals surface area contributed by atoms with Crippen molar-refractivity contribution in [2.24, 2.45) is 0 Å². The second-order valence-electron chi connectivity index (χ2n) is 2.53. The van der Waals surface area contributed by atoms with E-state index in [4.69, 9.17) is 23.2 Å². The molecule has 1 amide bonds. The van der Waals surface area contributed by atoms with Crippen LogP contribution in [0.2, 0.25) is 9.36 Å². The smallest absolute Gasteiger partial charge is 0.223 e. The monoisotopic (exact) mass is 266 g/mol. The first-order valence-electron chi connectivity index (χ1n) is 3.60. The molecule has 2 heterocycles. The fourth-order valence-electron chi connectivity index (χ4n) is 0.937. The fraction of sp³-hybridized carbons (Fsp3) is 0.143. The minimum atomic E-state index is -0.145. The molecule has 0 atom stereocenters. The Balaban J connectivity index is 2.48. The molecule has 0 aromatic carbocycles. The predicted octanol–water partition coefficient (Wildman–Crippen LogP) is 3.62. The van der Waals surface area contributed by atoms with Crippen molar-refractivity contribution < 1.29 is 4.79 Å². The second-order valence-corrected chi connectivity index (χ2v) is 5.78. The van der Waals surface area contributed by atoms with Crippen LogP contribution in [0.5, 0.6) is 0 Å². The molecule has 2 aromatic heterocycles. The number of fused-ring (bicyclic) bond motifs is 1. The molecule has 3 nitrogen and oxygen atoms in total. The normalized spacial score (nSPS) is 10.8. The van der Waals surface area contributed by atoms with Gasteiger partial charge in [0.05, 0.1) is 5.02 Å². The Hall–Kier alpha value is -0.360. The lowest BCUT2D eigenvalue weighted by Crippen LogP contribution is -2.04. The minimum absolute atomic E-state index is 0.145. The van der Waals surface area contributed by atoms with Gasteiger partial charge in [-0.25, -0.2) is 4.98 Å². The quantitative estimate of drug-likeness (QED) is 0.857. The van der Waals surface area contributed by atoms with Crippen LogP contribution in [-0.2, 0) is 4.79 Å². The summed E-state index contributed by atoms with van der Waals surface area (Å²) in [7, 11) is 0. The Morgan fingerprint density at radius 1 is 1.43 bits per heavy atom. The molecule has 0 saturated carbocycles. The molecule has 14 heavy (non-hydrogen) atoms. The first-order chi connectivity index (χ1) is 6.58. The van der Waals surface area contributed by atoms with Crippen molar-refractivity contribution >= 4 is 66.4 Å². The van der Waals surface area contributed by atoms with E-state index in [0.717, 1.165) is 4.01 Å². The van der Waals surface area contributed by atoms with E-state index in [1.165, 1.54) is 29.6 Å². The van der Waals surface area contributed by atoms with Crippen LogP contribution in [0.25, 0.3) is 9.53 Å². The number of anilines is 1. The summed E-state index contributed by atoms with van der Waals surface area (Å²) in [5.74, 6) is -0.145. The van der Waals surface area contributed by atoms with Crippen molar-refractivity contribution in [1.29, 1.82) is 0 Å². The Kier molecular flexibility index (Phi) is 2.66. The third-order valence-electron chi connectivity index (χ3n) is 1.44. The number of thiazole rings is 1. The van der Waals surface area contributed by atoms with E-state index in [-0.39, 0.29) is 5.91 Å².